The van der Waals surface area contributed by atoms with Crippen LogP contribution in [0, 0.1) is 5.92 Å². The maximum Gasteiger partial charge on any atom is 0.125 e. The zero-order valence-corrected chi connectivity index (χ0v) is 12.6. The first-order valence-electron chi connectivity index (χ1n) is 8.47. The van der Waals surface area contributed by atoms with Crippen LogP contribution in [0.3, 0.4) is 0 Å². The number of rotatable bonds is 2. The molecule has 2 heterocycles. The van der Waals surface area contributed by atoms with Crippen LogP contribution < -0.4 is 10.1 Å². The molecule has 3 heteroatoms. The molecule has 3 aliphatic rings. The summed E-state index contributed by atoms with van der Waals surface area (Å²) in [5.74, 6) is 1.88. The highest BCUT2D eigenvalue weighted by molar-refractivity contribution is 5.40. The van der Waals surface area contributed by atoms with E-state index in [1.807, 2.05) is 6.07 Å². The van der Waals surface area contributed by atoms with Gasteiger partial charge >= 0.3 is 0 Å². The molecule has 4 rings (SSSR count). The van der Waals surface area contributed by atoms with E-state index in [4.69, 9.17) is 9.47 Å². The van der Waals surface area contributed by atoms with Crippen LogP contribution in [0.1, 0.15) is 44.1 Å². The first kappa shape index (κ1) is 13.6. The van der Waals surface area contributed by atoms with E-state index in [1.165, 1.54) is 37.7 Å². The van der Waals surface area contributed by atoms with E-state index in [0.29, 0.717) is 6.10 Å². The van der Waals surface area contributed by atoms with Crippen molar-refractivity contribution in [3.05, 3.63) is 29.8 Å². The molecule has 1 aliphatic carbocycles. The molecule has 21 heavy (non-hydrogen) atoms. The van der Waals surface area contributed by atoms with Gasteiger partial charge < -0.3 is 14.8 Å². The lowest BCUT2D eigenvalue weighted by Crippen LogP contribution is -2.54. The van der Waals surface area contributed by atoms with E-state index < -0.39 is 0 Å². The van der Waals surface area contributed by atoms with Crippen molar-refractivity contribution in [2.45, 2.75) is 50.2 Å². The summed E-state index contributed by atoms with van der Waals surface area (Å²) in [6.45, 7) is 2.67. The molecule has 2 unspecified atom stereocenters. The van der Waals surface area contributed by atoms with Gasteiger partial charge in [-0.25, -0.2) is 0 Å². The van der Waals surface area contributed by atoms with Crippen LogP contribution in [0.4, 0.5) is 0 Å². The lowest BCUT2D eigenvalue weighted by molar-refractivity contribution is -0.143. The van der Waals surface area contributed by atoms with E-state index in [-0.39, 0.29) is 5.60 Å². The number of para-hydroxylation sites is 1. The number of morpholine rings is 1. The normalized spacial score (nSPS) is 32.9. The topological polar surface area (TPSA) is 30.5 Å². The maximum atomic E-state index is 6.66. The van der Waals surface area contributed by atoms with Gasteiger partial charge in [-0.3, -0.25) is 0 Å². The Morgan fingerprint density at radius 1 is 1.19 bits per heavy atom. The standard InChI is InChI=1S/C18H25NO2/c1-2-6-14(5-1)11-15-12-19-13-18(21-15)9-10-20-17-8-4-3-7-16(17)18/h3-4,7-8,14-15,19H,1-2,5-6,9-13H2. The second kappa shape index (κ2) is 5.62. The van der Waals surface area contributed by atoms with Gasteiger partial charge in [-0.1, -0.05) is 43.9 Å². The van der Waals surface area contributed by atoms with Gasteiger partial charge in [-0.2, -0.15) is 0 Å². The molecule has 1 aromatic carbocycles. The summed E-state index contributed by atoms with van der Waals surface area (Å²) in [5, 5.41) is 3.63. The lowest BCUT2D eigenvalue weighted by Gasteiger charge is -2.45. The predicted molar refractivity (Wildman–Crippen MR) is 82.5 cm³/mol. The van der Waals surface area contributed by atoms with Crippen molar-refractivity contribution in [1.82, 2.24) is 5.32 Å². The Bertz CT molecular complexity index is 498. The monoisotopic (exact) mass is 287 g/mol. The van der Waals surface area contributed by atoms with Gasteiger partial charge in [0, 0.05) is 25.1 Å². The first-order valence-corrected chi connectivity index (χ1v) is 8.47. The van der Waals surface area contributed by atoms with E-state index in [9.17, 15) is 0 Å². The summed E-state index contributed by atoms with van der Waals surface area (Å²) in [7, 11) is 0. The molecule has 2 atom stereocenters. The molecule has 1 spiro atoms. The average molecular weight is 287 g/mol. The van der Waals surface area contributed by atoms with Gasteiger partial charge in [0.1, 0.15) is 11.4 Å². The Labute approximate surface area is 127 Å². The van der Waals surface area contributed by atoms with Crippen LogP contribution in [0.25, 0.3) is 0 Å². The van der Waals surface area contributed by atoms with Crippen molar-refractivity contribution in [3.8, 4) is 5.75 Å². The fraction of sp³-hybridized carbons (Fsp3) is 0.667. The SMILES string of the molecule is c1ccc2c(c1)OCCC21CNCC(CC2CCCC2)O1. The minimum Gasteiger partial charge on any atom is -0.493 e. The molecule has 1 N–H and O–H groups in total. The average Bonchev–Trinajstić information content (AvgIpc) is 3.01. The van der Waals surface area contributed by atoms with Crippen LogP contribution >= 0.6 is 0 Å². The number of ether oxygens (including phenoxy) is 2. The summed E-state index contributed by atoms with van der Waals surface area (Å²) in [6.07, 6.45) is 8.14. The van der Waals surface area contributed by atoms with E-state index >= 15 is 0 Å². The first-order chi connectivity index (χ1) is 10.4. The van der Waals surface area contributed by atoms with Gasteiger partial charge in [-0.15, -0.1) is 0 Å². The Balaban J connectivity index is 1.54. The molecule has 2 aliphatic heterocycles. The molecule has 0 bridgehead atoms. The lowest BCUT2D eigenvalue weighted by atomic mass is 9.85. The Morgan fingerprint density at radius 2 is 2.05 bits per heavy atom. The van der Waals surface area contributed by atoms with Crippen molar-refractivity contribution in [1.29, 1.82) is 0 Å². The van der Waals surface area contributed by atoms with Crippen molar-refractivity contribution >= 4 is 0 Å². The summed E-state index contributed by atoms with van der Waals surface area (Å²) in [4.78, 5) is 0. The van der Waals surface area contributed by atoms with Crippen LogP contribution in [-0.2, 0) is 10.3 Å². The number of fused-ring (bicyclic) bond motifs is 2. The third-order valence-electron chi connectivity index (χ3n) is 5.39. The second-order valence-corrected chi connectivity index (χ2v) is 6.85. The summed E-state index contributed by atoms with van der Waals surface area (Å²) in [5.41, 5.74) is 1.07. The van der Waals surface area contributed by atoms with Gasteiger partial charge in [0.25, 0.3) is 0 Å². The number of benzene rings is 1. The zero-order chi connectivity index (χ0) is 14.1. The van der Waals surface area contributed by atoms with Gasteiger partial charge in [-0.05, 0) is 18.4 Å². The molecule has 114 valence electrons. The van der Waals surface area contributed by atoms with Crippen molar-refractivity contribution in [2.75, 3.05) is 19.7 Å². The Morgan fingerprint density at radius 3 is 2.95 bits per heavy atom. The molecule has 0 aromatic heterocycles. The minimum atomic E-state index is -0.170. The van der Waals surface area contributed by atoms with Crippen molar-refractivity contribution in [3.63, 3.8) is 0 Å². The van der Waals surface area contributed by atoms with Crippen molar-refractivity contribution < 1.29 is 9.47 Å². The molecule has 1 saturated heterocycles. The predicted octanol–water partition coefficient (Wildman–Crippen LogP) is 3.23. The highest BCUT2D eigenvalue weighted by atomic mass is 16.5. The molecular formula is C18H25NO2. The smallest absolute Gasteiger partial charge is 0.125 e. The maximum absolute atomic E-state index is 6.66. The van der Waals surface area contributed by atoms with E-state index in [1.54, 1.807) is 0 Å². The van der Waals surface area contributed by atoms with E-state index in [2.05, 4.69) is 23.5 Å². The third kappa shape index (κ3) is 2.58. The minimum absolute atomic E-state index is 0.170. The fourth-order valence-electron chi connectivity index (χ4n) is 4.32. The fourth-order valence-corrected chi connectivity index (χ4v) is 4.32. The highest BCUT2D eigenvalue weighted by Gasteiger charge is 2.43. The van der Waals surface area contributed by atoms with Crippen LogP contribution in [0.2, 0.25) is 0 Å². The number of nitrogens with one attached hydrogen (secondary N) is 1. The molecule has 1 saturated carbocycles. The number of hydrogen-bond donors (Lipinski definition) is 1. The van der Waals surface area contributed by atoms with Crippen molar-refractivity contribution in [2.24, 2.45) is 5.92 Å². The molecule has 3 nitrogen and oxygen atoms in total. The van der Waals surface area contributed by atoms with Gasteiger partial charge in [0.2, 0.25) is 0 Å². The zero-order valence-electron chi connectivity index (χ0n) is 12.6. The number of hydrogen-bond acceptors (Lipinski definition) is 3. The van der Waals surface area contributed by atoms with Crippen LogP contribution in [-0.4, -0.2) is 25.8 Å². The summed E-state index contributed by atoms with van der Waals surface area (Å²) < 4.78 is 12.5. The largest absolute Gasteiger partial charge is 0.493 e. The molecule has 2 fully saturated rings. The van der Waals surface area contributed by atoms with Gasteiger partial charge in [0.15, 0.2) is 0 Å². The third-order valence-corrected chi connectivity index (χ3v) is 5.39. The Kier molecular flexibility index (Phi) is 3.64. The van der Waals surface area contributed by atoms with E-state index in [0.717, 1.165) is 37.8 Å². The second-order valence-electron chi connectivity index (χ2n) is 6.85. The summed E-state index contributed by atoms with van der Waals surface area (Å²) >= 11 is 0. The molecule has 0 radical (unpaired) electrons. The quantitative estimate of drug-likeness (QED) is 0.906. The van der Waals surface area contributed by atoms with Crippen LogP contribution in [0.5, 0.6) is 5.75 Å². The molecule has 1 aromatic rings. The molecular weight excluding hydrogens is 262 g/mol. The highest BCUT2D eigenvalue weighted by Crippen LogP contribution is 2.42. The van der Waals surface area contributed by atoms with Gasteiger partial charge in [0.05, 0.1) is 12.7 Å². The Hall–Kier alpha value is -1.06. The van der Waals surface area contributed by atoms with Crippen LogP contribution in [0.15, 0.2) is 24.3 Å². The molecule has 0 amide bonds. The summed E-state index contributed by atoms with van der Waals surface area (Å²) in [6, 6.07) is 8.39.